The molecular formula is C18H20ClN5OS. The number of thiazole rings is 1. The Bertz CT molecular complexity index is 840. The van der Waals surface area contributed by atoms with E-state index in [-0.39, 0.29) is 6.04 Å². The van der Waals surface area contributed by atoms with E-state index in [4.69, 9.17) is 22.1 Å². The first-order valence-corrected chi connectivity index (χ1v) is 9.62. The summed E-state index contributed by atoms with van der Waals surface area (Å²) in [5.74, 6) is 1.12. The summed E-state index contributed by atoms with van der Waals surface area (Å²) in [5.41, 5.74) is 7.88. The molecule has 2 aromatic heterocycles. The molecule has 3 rings (SSSR count). The zero-order valence-electron chi connectivity index (χ0n) is 14.4. The molecule has 6 nitrogen and oxygen atoms in total. The molecule has 1 aromatic carbocycles. The molecule has 136 valence electrons. The minimum absolute atomic E-state index is 0.379. The van der Waals surface area contributed by atoms with Crippen molar-refractivity contribution >= 4 is 33.9 Å². The van der Waals surface area contributed by atoms with E-state index in [0.29, 0.717) is 28.5 Å². The van der Waals surface area contributed by atoms with Crippen LogP contribution in [0, 0.1) is 0 Å². The first-order chi connectivity index (χ1) is 12.7. The Morgan fingerprint density at radius 1 is 1.23 bits per heavy atom. The lowest BCUT2D eigenvalue weighted by molar-refractivity contribution is 0.294. The molecule has 26 heavy (non-hydrogen) atoms. The van der Waals surface area contributed by atoms with Gasteiger partial charge in [0.15, 0.2) is 10.9 Å². The summed E-state index contributed by atoms with van der Waals surface area (Å²) in [6.07, 6.45) is 2.07. The lowest BCUT2D eigenvalue weighted by Crippen LogP contribution is -2.12. The molecule has 3 N–H and O–H groups in total. The topological polar surface area (TPSA) is 86.0 Å². The molecule has 1 atom stereocenters. The van der Waals surface area contributed by atoms with E-state index in [9.17, 15) is 0 Å². The highest BCUT2D eigenvalue weighted by atomic mass is 35.5. The van der Waals surface area contributed by atoms with Gasteiger partial charge in [-0.3, -0.25) is 0 Å². The van der Waals surface area contributed by atoms with Crippen LogP contribution in [0.2, 0.25) is 5.02 Å². The molecule has 0 aliphatic rings. The van der Waals surface area contributed by atoms with Gasteiger partial charge in [-0.05, 0) is 24.1 Å². The average Bonchev–Trinajstić information content (AvgIpc) is 3.12. The van der Waals surface area contributed by atoms with Crippen LogP contribution in [0.3, 0.4) is 0 Å². The lowest BCUT2D eigenvalue weighted by Gasteiger charge is -2.10. The number of rotatable bonds is 8. The predicted octanol–water partition coefficient (Wildman–Crippen LogP) is 4.56. The van der Waals surface area contributed by atoms with Crippen LogP contribution in [0.25, 0.3) is 0 Å². The van der Waals surface area contributed by atoms with Crippen molar-refractivity contribution in [2.24, 2.45) is 5.73 Å². The van der Waals surface area contributed by atoms with Crippen LogP contribution in [0.1, 0.15) is 37.1 Å². The fraction of sp³-hybridized carbons (Fsp3) is 0.278. The maximum absolute atomic E-state index is 6.29. The first-order valence-electron chi connectivity index (χ1n) is 8.36. The highest BCUT2D eigenvalue weighted by Crippen LogP contribution is 2.29. The Hall–Kier alpha value is -2.22. The molecule has 0 aliphatic heterocycles. The van der Waals surface area contributed by atoms with Crippen molar-refractivity contribution in [3.8, 4) is 5.88 Å². The summed E-state index contributed by atoms with van der Waals surface area (Å²) >= 11 is 7.67. The summed E-state index contributed by atoms with van der Waals surface area (Å²) in [7, 11) is 0. The summed E-state index contributed by atoms with van der Waals surface area (Å²) in [5, 5.41) is 14.5. The first kappa shape index (κ1) is 18.6. The van der Waals surface area contributed by atoms with Crippen molar-refractivity contribution in [1.29, 1.82) is 0 Å². The molecule has 0 amide bonds. The maximum atomic E-state index is 6.29. The Morgan fingerprint density at radius 2 is 2.08 bits per heavy atom. The van der Waals surface area contributed by atoms with E-state index in [2.05, 4.69) is 27.4 Å². The molecule has 0 spiro atoms. The molecule has 1 unspecified atom stereocenters. The van der Waals surface area contributed by atoms with E-state index in [0.717, 1.165) is 24.1 Å². The van der Waals surface area contributed by atoms with Gasteiger partial charge in [0.2, 0.25) is 5.88 Å². The second kappa shape index (κ2) is 8.93. The van der Waals surface area contributed by atoms with Gasteiger partial charge in [0.25, 0.3) is 0 Å². The third-order valence-electron chi connectivity index (χ3n) is 3.70. The number of benzene rings is 1. The van der Waals surface area contributed by atoms with Gasteiger partial charge in [0.05, 0.1) is 18.3 Å². The number of nitrogens with two attached hydrogens (primary N) is 1. The molecule has 3 aromatic rings. The Balaban J connectivity index is 1.64. The van der Waals surface area contributed by atoms with Crippen molar-refractivity contribution in [2.45, 2.75) is 25.8 Å². The van der Waals surface area contributed by atoms with Crippen LogP contribution in [0.15, 0.2) is 41.8 Å². The van der Waals surface area contributed by atoms with Crippen molar-refractivity contribution < 1.29 is 4.74 Å². The summed E-state index contributed by atoms with van der Waals surface area (Å²) in [6, 6.07) is 10.7. The number of hydrogen-bond donors (Lipinski definition) is 2. The van der Waals surface area contributed by atoms with Gasteiger partial charge in [-0.15, -0.1) is 21.5 Å². The van der Waals surface area contributed by atoms with Crippen molar-refractivity contribution in [1.82, 2.24) is 15.2 Å². The number of ether oxygens (including phenoxy) is 1. The molecular weight excluding hydrogens is 370 g/mol. The Labute approximate surface area is 161 Å². The van der Waals surface area contributed by atoms with Crippen LogP contribution in [0.4, 0.5) is 10.9 Å². The van der Waals surface area contributed by atoms with Crippen LogP contribution >= 0.6 is 22.9 Å². The van der Waals surface area contributed by atoms with Gasteiger partial charge >= 0.3 is 0 Å². The number of unbranched alkanes of at least 4 members (excludes halogenated alkanes) is 1. The number of halogens is 1. The maximum Gasteiger partial charge on any atom is 0.233 e. The fourth-order valence-corrected chi connectivity index (χ4v) is 3.27. The van der Waals surface area contributed by atoms with Crippen LogP contribution in [0.5, 0.6) is 5.88 Å². The molecule has 2 heterocycles. The monoisotopic (exact) mass is 389 g/mol. The van der Waals surface area contributed by atoms with E-state index in [1.54, 1.807) is 6.07 Å². The predicted molar refractivity (Wildman–Crippen MR) is 105 cm³/mol. The third-order valence-corrected chi connectivity index (χ3v) is 4.82. The zero-order valence-corrected chi connectivity index (χ0v) is 15.9. The van der Waals surface area contributed by atoms with Gasteiger partial charge in [-0.2, -0.15) is 0 Å². The Morgan fingerprint density at radius 3 is 2.81 bits per heavy atom. The highest BCUT2D eigenvalue weighted by molar-refractivity contribution is 7.13. The molecule has 8 heteroatoms. The summed E-state index contributed by atoms with van der Waals surface area (Å²) in [4.78, 5) is 4.53. The standard InChI is InChI=1S/C18H20ClN5OS/c1-2-3-10-25-16-9-8-15(23-24-16)22-18-21-14(11-26-18)17(20)12-6-4-5-7-13(12)19/h4-9,11,17H,2-3,10,20H2,1H3,(H,21,22,23). The fourth-order valence-electron chi connectivity index (χ4n) is 2.27. The second-order valence-corrected chi connectivity index (χ2v) is 6.93. The van der Waals surface area contributed by atoms with Gasteiger partial charge in [-0.1, -0.05) is 43.1 Å². The quantitative estimate of drug-likeness (QED) is 0.549. The van der Waals surface area contributed by atoms with Crippen LogP contribution < -0.4 is 15.8 Å². The zero-order chi connectivity index (χ0) is 18.4. The highest BCUT2D eigenvalue weighted by Gasteiger charge is 2.15. The number of nitrogens with zero attached hydrogens (tertiary/aromatic N) is 3. The number of anilines is 2. The summed E-state index contributed by atoms with van der Waals surface area (Å²) in [6.45, 7) is 2.76. The Kier molecular flexibility index (Phi) is 6.38. The van der Waals surface area contributed by atoms with Gasteiger partial charge in [0, 0.05) is 16.5 Å². The molecule has 0 bridgehead atoms. The van der Waals surface area contributed by atoms with Crippen LogP contribution in [-0.4, -0.2) is 21.8 Å². The minimum Gasteiger partial charge on any atom is -0.477 e. The summed E-state index contributed by atoms with van der Waals surface area (Å²) < 4.78 is 5.50. The number of hydrogen-bond acceptors (Lipinski definition) is 7. The number of aromatic nitrogens is 3. The smallest absolute Gasteiger partial charge is 0.233 e. The van der Waals surface area contributed by atoms with E-state index in [1.165, 1.54) is 11.3 Å². The minimum atomic E-state index is -0.379. The molecule has 0 saturated heterocycles. The largest absolute Gasteiger partial charge is 0.477 e. The van der Waals surface area contributed by atoms with Crippen molar-refractivity contribution in [3.63, 3.8) is 0 Å². The molecule has 0 saturated carbocycles. The van der Waals surface area contributed by atoms with E-state index >= 15 is 0 Å². The van der Waals surface area contributed by atoms with Gasteiger partial charge < -0.3 is 15.8 Å². The van der Waals surface area contributed by atoms with Crippen LogP contribution in [-0.2, 0) is 0 Å². The van der Waals surface area contributed by atoms with Crippen molar-refractivity contribution in [3.05, 3.63) is 58.1 Å². The third kappa shape index (κ3) is 4.69. The SMILES string of the molecule is CCCCOc1ccc(Nc2nc(C(N)c3ccccc3Cl)cs2)nn1. The second-order valence-electron chi connectivity index (χ2n) is 5.66. The normalized spacial score (nSPS) is 12.0. The van der Waals surface area contributed by atoms with E-state index < -0.39 is 0 Å². The van der Waals surface area contributed by atoms with E-state index in [1.807, 2.05) is 35.7 Å². The molecule has 0 radical (unpaired) electrons. The molecule has 0 fully saturated rings. The molecule has 0 aliphatic carbocycles. The van der Waals surface area contributed by atoms with Gasteiger partial charge in [0.1, 0.15) is 0 Å². The average molecular weight is 390 g/mol. The lowest BCUT2D eigenvalue weighted by atomic mass is 10.1. The van der Waals surface area contributed by atoms with Gasteiger partial charge in [-0.25, -0.2) is 4.98 Å². The van der Waals surface area contributed by atoms with Crippen molar-refractivity contribution in [2.75, 3.05) is 11.9 Å². The number of nitrogens with one attached hydrogen (secondary N) is 1.